The van der Waals surface area contributed by atoms with Gasteiger partial charge in [-0.2, -0.15) is 0 Å². The normalized spacial score (nSPS) is 12.0. The molecule has 0 radical (unpaired) electrons. The van der Waals surface area contributed by atoms with Crippen LogP contribution in [-0.2, 0) is 41.9 Å². The first-order chi connectivity index (χ1) is 20.5. The number of likely N-dealkylation sites (N-methyl/N-ethyl adjacent to an activating group) is 1. The maximum Gasteiger partial charge on any atom is 0.306 e. The van der Waals surface area contributed by atoms with Gasteiger partial charge in [-0.25, -0.2) is 0 Å². The Balaban J connectivity index is 1.87. The molecule has 13 nitrogen and oxygen atoms in total. The number of nitro benzene ring substituents is 1. The Labute approximate surface area is 249 Å². The van der Waals surface area contributed by atoms with E-state index >= 15 is 0 Å². The number of hydrogen-bond donors (Lipinski definition) is 1. The van der Waals surface area contributed by atoms with Crippen molar-refractivity contribution in [2.45, 2.75) is 58.3 Å². The molecule has 2 aromatic carbocycles. The molecule has 0 heterocycles. The number of hydrogen-bond acceptors (Lipinski definition) is 12. The third kappa shape index (κ3) is 10.9. The summed E-state index contributed by atoms with van der Waals surface area (Å²) < 4.78 is 20.7. The molecule has 43 heavy (non-hydrogen) atoms. The molecule has 0 aliphatic rings. The molecule has 0 amide bonds. The van der Waals surface area contributed by atoms with E-state index in [0.717, 1.165) is 0 Å². The summed E-state index contributed by atoms with van der Waals surface area (Å²) in [6.45, 7) is 0.947. The largest absolute Gasteiger partial charge is 0.493 e. The minimum absolute atomic E-state index is 0.0258. The predicted octanol–water partition coefficient (Wildman–Crippen LogP) is 3.52. The summed E-state index contributed by atoms with van der Waals surface area (Å²) in [5.74, 6) is -2.16. The lowest BCUT2D eigenvalue weighted by molar-refractivity contribution is -0.385. The van der Waals surface area contributed by atoms with Crippen molar-refractivity contribution in [3.8, 4) is 11.5 Å². The molecule has 232 valence electrons. The Morgan fingerprint density at radius 2 is 1.51 bits per heavy atom. The molecule has 13 heteroatoms. The van der Waals surface area contributed by atoms with Gasteiger partial charge in [-0.1, -0.05) is 24.3 Å². The highest BCUT2D eigenvalue weighted by molar-refractivity contribution is 5.90. The van der Waals surface area contributed by atoms with Gasteiger partial charge in [0.05, 0.1) is 36.8 Å². The molecule has 2 rings (SSSR count). The Bertz CT molecular complexity index is 1310. The molecule has 0 aliphatic carbocycles. The lowest BCUT2D eigenvalue weighted by Crippen LogP contribution is -2.36. The number of ether oxygens (including phenoxy) is 4. The molecular formula is C30H36N2O11. The van der Waals surface area contributed by atoms with Crippen molar-refractivity contribution in [3.63, 3.8) is 0 Å². The van der Waals surface area contributed by atoms with Crippen LogP contribution in [0.3, 0.4) is 0 Å². The van der Waals surface area contributed by atoms with Gasteiger partial charge in [0.2, 0.25) is 0 Å². The van der Waals surface area contributed by atoms with E-state index in [1.54, 1.807) is 31.3 Å². The number of nitro groups is 1. The monoisotopic (exact) mass is 600 g/mol. The number of Topliss-reactive ketones (excluding diaryl/α,β-unsaturated/α-hetero) is 2. The zero-order valence-corrected chi connectivity index (χ0v) is 24.6. The highest BCUT2D eigenvalue weighted by Gasteiger charge is 2.26. The number of esters is 2. The molecule has 0 unspecified atom stereocenters. The van der Waals surface area contributed by atoms with E-state index in [1.807, 2.05) is 0 Å². The van der Waals surface area contributed by atoms with Crippen LogP contribution in [0.25, 0.3) is 0 Å². The van der Waals surface area contributed by atoms with E-state index in [9.17, 15) is 34.1 Å². The van der Waals surface area contributed by atoms with Gasteiger partial charge in [0, 0.05) is 30.7 Å². The maximum absolute atomic E-state index is 12.9. The number of nitrogens with zero attached hydrogens (tertiary/aromatic N) is 1. The van der Waals surface area contributed by atoms with E-state index in [1.165, 1.54) is 33.3 Å². The molecule has 0 bridgehead atoms. The van der Waals surface area contributed by atoms with Crippen LogP contribution in [-0.4, -0.2) is 62.0 Å². The van der Waals surface area contributed by atoms with Crippen molar-refractivity contribution in [1.29, 1.82) is 0 Å². The van der Waals surface area contributed by atoms with Crippen LogP contribution in [0.2, 0.25) is 0 Å². The first-order valence-electron chi connectivity index (χ1n) is 13.5. The summed E-state index contributed by atoms with van der Waals surface area (Å²) in [6, 6.07) is 8.39. The first kappa shape index (κ1) is 34.6. The van der Waals surface area contributed by atoms with Crippen LogP contribution in [0.1, 0.15) is 60.5 Å². The molecule has 1 N–H and O–H groups in total. The molecule has 0 aromatic heterocycles. The smallest absolute Gasteiger partial charge is 0.306 e. The Morgan fingerprint density at radius 1 is 0.930 bits per heavy atom. The Kier molecular flexibility index (Phi) is 13.9. The Hall–Kier alpha value is -4.65. The second-order valence-electron chi connectivity index (χ2n) is 9.67. The molecule has 0 spiro atoms. The number of carbonyl (C=O) groups is 5. The van der Waals surface area contributed by atoms with Crippen LogP contribution < -0.4 is 14.8 Å². The molecule has 0 fully saturated rings. The maximum atomic E-state index is 12.9. The quantitative estimate of drug-likeness (QED) is 0.108. The summed E-state index contributed by atoms with van der Waals surface area (Å²) in [7, 11) is 4.27. The van der Waals surface area contributed by atoms with Crippen LogP contribution in [0.5, 0.6) is 11.5 Å². The average Bonchev–Trinajstić information content (AvgIpc) is 3.00. The zero-order chi connectivity index (χ0) is 31.9. The fourth-order valence-corrected chi connectivity index (χ4v) is 4.21. The summed E-state index contributed by atoms with van der Waals surface area (Å²) in [4.78, 5) is 71.4. The third-order valence-electron chi connectivity index (χ3n) is 6.78. The Morgan fingerprint density at radius 3 is 2.05 bits per heavy atom. The van der Waals surface area contributed by atoms with Gasteiger partial charge in [-0.05, 0) is 38.4 Å². The fraction of sp³-hybridized carbons (Fsp3) is 0.433. The van der Waals surface area contributed by atoms with E-state index in [-0.39, 0.29) is 73.0 Å². The van der Waals surface area contributed by atoms with Gasteiger partial charge in [-0.3, -0.25) is 34.1 Å². The van der Waals surface area contributed by atoms with Crippen molar-refractivity contribution in [1.82, 2.24) is 5.32 Å². The second kappa shape index (κ2) is 17.3. The van der Waals surface area contributed by atoms with Crippen LogP contribution in [0, 0.1) is 16.0 Å². The van der Waals surface area contributed by atoms with Gasteiger partial charge < -0.3 is 24.3 Å². The molecule has 0 saturated carbocycles. The van der Waals surface area contributed by atoms with Gasteiger partial charge in [0.15, 0.2) is 11.5 Å². The SMILES string of the molecule is CN[C@H](CCC(=O)OCc1ccc(C=O)cc1)C(=O)C[C@@H](CCC(=O)OCc1cc(OC)c(OC)cc1[N+](=O)[O-])C(C)=O. The predicted molar refractivity (Wildman–Crippen MR) is 153 cm³/mol. The zero-order valence-electron chi connectivity index (χ0n) is 24.6. The molecule has 2 aromatic rings. The van der Waals surface area contributed by atoms with Crippen molar-refractivity contribution < 1.29 is 47.8 Å². The molecule has 2 atom stereocenters. The summed E-state index contributed by atoms with van der Waals surface area (Å²) in [5.41, 5.74) is 1.01. The topological polar surface area (TPSA) is 177 Å². The van der Waals surface area contributed by atoms with E-state index < -0.39 is 35.4 Å². The number of rotatable bonds is 19. The number of nitrogens with one attached hydrogen (secondary N) is 1. The first-order valence-corrected chi connectivity index (χ1v) is 13.5. The summed E-state index contributed by atoms with van der Waals surface area (Å²) >= 11 is 0. The van der Waals surface area contributed by atoms with E-state index in [2.05, 4.69) is 5.32 Å². The average molecular weight is 601 g/mol. The van der Waals surface area contributed by atoms with E-state index in [0.29, 0.717) is 17.4 Å². The van der Waals surface area contributed by atoms with Gasteiger partial charge in [0.1, 0.15) is 31.1 Å². The van der Waals surface area contributed by atoms with Gasteiger partial charge >= 0.3 is 11.9 Å². The lowest BCUT2D eigenvalue weighted by atomic mass is 9.90. The standard InChI is InChI=1S/C30H36N2O11/c1-19(34)22(9-11-29(36)43-18-23-14-27(40-3)28(41-4)15-25(23)32(38)39)13-26(35)24(31-2)10-12-30(37)42-17-21-7-5-20(16-33)6-8-21/h5-8,14-16,22,24,31H,9-13,17-18H2,1-4H3/t22-,24-/m1/s1. The van der Waals surface area contributed by atoms with Crippen LogP contribution >= 0.6 is 0 Å². The molecule has 0 saturated heterocycles. The summed E-state index contributed by atoms with van der Waals surface area (Å²) in [6.07, 6.45) is 0.522. The highest BCUT2D eigenvalue weighted by Crippen LogP contribution is 2.35. The van der Waals surface area contributed by atoms with Crippen molar-refractivity contribution in [2.24, 2.45) is 5.92 Å². The number of ketones is 2. The number of methoxy groups -OCH3 is 2. The molecule has 0 aliphatic heterocycles. The number of benzene rings is 2. The van der Waals surface area contributed by atoms with Crippen molar-refractivity contribution in [3.05, 3.63) is 63.2 Å². The van der Waals surface area contributed by atoms with Gasteiger partial charge in [0.25, 0.3) is 5.69 Å². The third-order valence-corrected chi connectivity index (χ3v) is 6.78. The second-order valence-corrected chi connectivity index (χ2v) is 9.67. The minimum Gasteiger partial charge on any atom is -0.493 e. The number of carbonyl (C=O) groups excluding carboxylic acids is 5. The van der Waals surface area contributed by atoms with Crippen molar-refractivity contribution >= 4 is 35.5 Å². The summed E-state index contributed by atoms with van der Waals surface area (Å²) in [5, 5.41) is 14.3. The van der Waals surface area contributed by atoms with Crippen LogP contribution in [0.4, 0.5) is 5.69 Å². The van der Waals surface area contributed by atoms with Gasteiger partial charge in [-0.15, -0.1) is 0 Å². The van der Waals surface area contributed by atoms with E-state index in [4.69, 9.17) is 18.9 Å². The fourth-order valence-electron chi connectivity index (χ4n) is 4.21. The van der Waals surface area contributed by atoms with Crippen LogP contribution in [0.15, 0.2) is 36.4 Å². The van der Waals surface area contributed by atoms with Crippen molar-refractivity contribution in [2.75, 3.05) is 21.3 Å². The minimum atomic E-state index is -0.757. The lowest BCUT2D eigenvalue weighted by Gasteiger charge is -2.18. The molecular weight excluding hydrogens is 564 g/mol. The highest BCUT2D eigenvalue weighted by atomic mass is 16.6. The number of aldehydes is 1.